The van der Waals surface area contributed by atoms with E-state index in [1.54, 1.807) is 24.8 Å². The molecule has 4 atom stereocenters. The molecule has 2 fully saturated rings. The van der Waals surface area contributed by atoms with E-state index in [0.29, 0.717) is 18.0 Å². The van der Waals surface area contributed by atoms with Gasteiger partial charge in [-0.25, -0.2) is 14.6 Å². The van der Waals surface area contributed by atoms with E-state index in [-0.39, 0.29) is 5.92 Å². The molecular formula is C26H31N7O2S. The number of hydrogen-bond donors (Lipinski definition) is 1. The number of carbonyl (C=O) groups excluding carboxylic acids is 1. The van der Waals surface area contributed by atoms with E-state index in [1.165, 1.54) is 10.4 Å². The number of anilines is 1. The fourth-order valence-corrected chi connectivity index (χ4v) is 8.00. The molecule has 0 saturated carbocycles. The van der Waals surface area contributed by atoms with Crippen LogP contribution in [0.2, 0.25) is 0 Å². The predicted octanol–water partition coefficient (Wildman–Crippen LogP) is 2.78. The minimum Gasteiger partial charge on any atom is -0.497 e. The van der Waals surface area contributed by atoms with Crippen molar-refractivity contribution in [3.63, 3.8) is 0 Å². The number of ether oxygens (including phenoxy) is 1. The number of hydrogen-bond acceptors (Lipinski definition) is 8. The first-order chi connectivity index (χ1) is 17.4. The van der Waals surface area contributed by atoms with E-state index in [1.807, 2.05) is 23.1 Å². The summed E-state index contributed by atoms with van der Waals surface area (Å²) in [5.41, 5.74) is 1.96. The van der Waals surface area contributed by atoms with Gasteiger partial charge in [-0.05, 0) is 51.3 Å². The molecule has 7 rings (SSSR count). The van der Waals surface area contributed by atoms with Gasteiger partial charge in [0.05, 0.1) is 18.7 Å². The standard InChI is InChI=1S/C26H31N7O2S/c1-26(10-16-6-7-29-33(16)13-21(26)35-3)30-23-22-19-5-4-15(8-20(19)36-24(22)28-14-27-23)25(34)32-12-17-9-18(32)11-31(17)2/h6-7,13-15,17-18H,4-5,8-12H2,1-3H3,(H,27,28,30)/t15-,17+,18?,26?/m0/s1. The zero-order valence-electron chi connectivity index (χ0n) is 20.9. The minimum atomic E-state index is -0.462. The van der Waals surface area contributed by atoms with Crippen molar-refractivity contribution in [2.24, 2.45) is 5.92 Å². The van der Waals surface area contributed by atoms with Crippen LogP contribution in [0.4, 0.5) is 5.82 Å². The van der Waals surface area contributed by atoms with E-state index in [2.05, 4.69) is 44.2 Å². The first-order valence-corrected chi connectivity index (χ1v) is 13.6. The second-order valence-corrected chi connectivity index (χ2v) is 12.0. The lowest BCUT2D eigenvalue weighted by Gasteiger charge is -2.36. The number of fused-ring (bicyclic) bond motifs is 6. The van der Waals surface area contributed by atoms with E-state index in [0.717, 1.165) is 72.7 Å². The summed E-state index contributed by atoms with van der Waals surface area (Å²) in [5, 5.41) is 9.18. The molecule has 6 heterocycles. The van der Waals surface area contributed by atoms with Gasteiger partial charge in [-0.15, -0.1) is 11.3 Å². The molecule has 0 radical (unpaired) electrons. The largest absolute Gasteiger partial charge is 0.497 e. The lowest BCUT2D eigenvalue weighted by molar-refractivity contribution is -0.138. The van der Waals surface area contributed by atoms with Crippen molar-refractivity contribution in [1.82, 2.24) is 29.5 Å². The van der Waals surface area contributed by atoms with Gasteiger partial charge in [0.25, 0.3) is 0 Å². The Bertz CT molecular complexity index is 1390. The predicted molar refractivity (Wildman–Crippen MR) is 139 cm³/mol. The summed E-state index contributed by atoms with van der Waals surface area (Å²) in [5.74, 6) is 2.06. The number of nitrogens with zero attached hydrogens (tertiary/aromatic N) is 6. The van der Waals surface area contributed by atoms with Crippen LogP contribution in [0, 0.1) is 5.92 Å². The highest BCUT2D eigenvalue weighted by atomic mass is 32.1. The molecule has 9 nitrogen and oxygen atoms in total. The molecule has 1 aliphatic carbocycles. The first kappa shape index (κ1) is 22.2. The van der Waals surface area contributed by atoms with Crippen LogP contribution in [-0.4, -0.2) is 80.3 Å². The van der Waals surface area contributed by atoms with Crippen molar-refractivity contribution in [1.29, 1.82) is 0 Å². The number of amides is 1. The fraction of sp³-hybridized carbons (Fsp3) is 0.538. The lowest BCUT2D eigenvalue weighted by atomic mass is 9.86. The Morgan fingerprint density at radius 2 is 2.17 bits per heavy atom. The molecule has 4 aliphatic rings. The Morgan fingerprint density at radius 3 is 2.94 bits per heavy atom. The molecular weight excluding hydrogens is 474 g/mol. The molecule has 3 aromatic rings. The van der Waals surface area contributed by atoms with Gasteiger partial charge in [-0.3, -0.25) is 9.69 Å². The number of nitrogens with one attached hydrogen (secondary N) is 1. The number of methoxy groups -OCH3 is 1. The molecule has 0 spiro atoms. The summed E-state index contributed by atoms with van der Waals surface area (Å²) in [6.45, 7) is 4.04. The number of likely N-dealkylation sites (tertiary alicyclic amines) is 2. The van der Waals surface area contributed by atoms with E-state index >= 15 is 0 Å². The summed E-state index contributed by atoms with van der Waals surface area (Å²) >= 11 is 1.72. The average Bonchev–Trinajstić information content (AvgIpc) is 3.64. The second kappa shape index (κ2) is 8.01. The molecule has 2 bridgehead atoms. The minimum absolute atomic E-state index is 0.0683. The van der Waals surface area contributed by atoms with Crippen LogP contribution in [0.5, 0.6) is 0 Å². The maximum atomic E-state index is 13.5. The van der Waals surface area contributed by atoms with Crippen LogP contribution in [0.15, 0.2) is 24.3 Å². The van der Waals surface area contributed by atoms with Crippen LogP contribution in [-0.2, 0) is 28.8 Å². The highest BCUT2D eigenvalue weighted by Crippen LogP contribution is 2.42. The van der Waals surface area contributed by atoms with E-state index in [9.17, 15) is 4.79 Å². The summed E-state index contributed by atoms with van der Waals surface area (Å²) in [6.07, 6.45) is 9.82. The van der Waals surface area contributed by atoms with Crippen molar-refractivity contribution >= 4 is 39.5 Å². The number of aromatic nitrogens is 4. The topological polar surface area (TPSA) is 88.4 Å². The molecule has 2 unspecified atom stereocenters. The summed E-state index contributed by atoms with van der Waals surface area (Å²) in [7, 11) is 3.88. The van der Waals surface area contributed by atoms with Crippen molar-refractivity contribution in [3.05, 3.63) is 40.5 Å². The third-order valence-corrected chi connectivity index (χ3v) is 9.84. The molecule has 2 saturated heterocycles. The summed E-state index contributed by atoms with van der Waals surface area (Å²) in [6, 6.07) is 2.97. The van der Waals surface area contributed by atoms with Gasteiger partial charge in [-0.1, -0.05) is 0 Å². The Kier molecular flexibility index (Phi) is 4.95. The van der Waals surface area contributed by atoms with Gasteiger partial charge < -0.3 is 15.0 Å². The summed E-state index contributed by atoms with van der Waals surface area (Å²) < 4.78 is 7.65. The van der Waals surface area contributed by atoms with Crippen LogP contribution in [0.3, 0.4) is 0 Å². The van der Waals surface area contributed by atoms with Gasteiger partial charge in [0.2, 0.25) is 5.91 Å². The van der Waals surface area contributed by atoms with Crippen molar-refractivity contribution < 1.29 is 9.53 Å². The maximum absolute atomic E-state index is 13.5. The maximum Gasteiger partial charge on any atom is 0.226 e. The van der Waals surface area contributed by atoms with Crippen molar-refractivity contribution in [2.45, 2.75) is 56.7 Å². The van der Waals surface area contributed by atoms with Crippen molar-refractivity contribution in [3.8, 4) is 0 Å². The fourth-order valence-electron chi connectivity index (χ4n) is 6.73. The number of aryl methyl sites for hydroxylation is 1. The van der Waals surface area contributed by atoms with Crippen LogP contribution >= 0.6 is 11.3 Å². The molecule has 0 aromatic carbocycles. The van der Waals surface area contributed by atoms with E-state index in [4.69, 9.17) is 4.74 Å². The van der Waals surface area contributed by atoms with Gasteiger partial charge >= 0.3 is 0 Å². The van der Waals surface area contributed by atoms with Gasteiger partial charge in [0.1, 0.15) is 28.3 Å². The Labute approximate surface area is 214 Å². The third-order valence-electron chi connectivity index (χ3n) is 8.68. The number of piperazine rings is 1. The number of thiophene rings is 1. The number of rotatable bonds is 4. The molecule has 10 heteroatoms. The first-order valence-electron chi connectivity index (χ1n) is 12.8. The van der Waals surface area contributed by atoms with Gasteiger partial charge in [0, 0.05) is 54.3 Å². The molecule has 188 valence electrons. The zero-order chi connectivity index (χ0) is 24.6. The van der Waals surface area contributed by atoms with Crippen LogP contribution in [0.1, 0.15) is 35.9 Å². The zero-order valence-corrected chi connectivity index (χ0v) is 21.7. The SMILES string of the molecule is COC1=Cn2nccc2CC1(C)Nc1ncnc2sc3c(c12)CC[C@H](C(=O)N1C[C@H]2CC1CN2C)C3. The van der Waals surface area contributed by atoms with Crippen molar-refractivity contribution in [2.75, 3.05) is 32.6 Å². The third kappa shape index (κ3) is 3.30. The molecule has 1 N–H and O–H groups in total. The second-order valence-electron chi connectivity index (χ2n) is 10.9. The molecule has 3 aliphatic heterocycles. The monoisotopic (exact) mass is 505 g/mol. The van der Waals surface area contributed by atoms with Crippen LogP contribution < -0.4 is 5.32 Å². The quantitative estimate of drug-likeness (QED) is 0.583. The highest BCUT2D eigenvalue weighted by molar-refractivity contribution is 7.19. The average molecular weight is 506 g/mol. The number of carbonyl (C=O) groups is 1. The molecule has 1 amide bonds. The smallest absolute Gasteiger partial charge is 0.226 e. The van der Waals surface area contributed by atoms with Gasteiger partial charge in [0.15, 0.2) is 0 Å². The molecule has 3 aromatic heterocycles. The van der Waals surface area contributed by atoms with E-state index < -0.39 is 5.54 Å². The Morgan fingerprint density at radius 1 is 1.28 bits per heavy atom. The number of likely N-dealkylation sites (N-methyl/N-ethyl adjacent to an activating group) is 1. The Hall–Kier alpha value is -2.98. The Balaban J connectivity index is 1.17. The highest BCUT2D eigenvalue weighted by Gasteiger charge is 2.45. The lowest BCUT2D eigenvalue weighted by Crippen LogP contribution is -2.49. The van der Waals surface area contributed by atoms with Gasteiger partial charge in [-0.2, -0.15) is 5.10 Å². The van der Waals surface area contributed by atoms with Crippen LogP contribution in [0.25, 0.3) is 16.4 Å². The summed E-state index contributed by atoms with van der Waals surface area (Å²) in [4.78, 5) is 29.6. The normalized spacial score (nSPS) is 29.2. The molecule has 36 heavy (non-hydrogen) atoms.